The van der Waals surface area contributed by atoms with Gasteiger partial charge in [-0.2, -0.15) is 5.26 Å². The van der Waals surface area contributed by atoms with E-state index in [9.17, 15) is 20.2 Å². The molecule has 0 bridgehead atoms. The Morgan fingerprint density at radius 2 is 2.04 bits per heavy atom. The zero-order chi connectivity index (χ0) is 19.4. The first-order chi connectivity index (χ1) is 13.0. The number of aryl methyl sites for hydroxylation is 1. The van der Waals surface area contributed by atoms with Gasteiger partial charge in [0.05, 0.1) is 10.6 Å². The topological polar surface area (TPSA) is 113 Å². The van der Waals surface area contributed by atoms with Crippen molar-refractivity contribution in [1.29, 1.82) is 5.26 Å². The number of aromatic nitrogens is 2. The lowest BCUT2D eigenvalue weighted by Crippen LogP contribution is -2.15. The molecule has 1 N–H and O–H groups in total. The molecular weight excluding hydrogens is 364 g/mol. The molecule has 0 aliphatic heterocycles. The van der Waals surface area contributed by atoms with Crippen LogP contribution < -0.4 is 5.56 Å². The van der Waals surface area contributed by atoms with E-state index in [0.717, 1.165) is 16.7 Å². The predicted molar refractivity (Wildman–Crippen MR) is 102 cm³/mol. The van der Waals surface area contributed by atoms with Gasteiger partial charge in [0, 0.05) is 23.4 Å². The van der Waals surface area contributed by atoms with Gasteiger partial charge in [-0.1, -0.05) is 48.2 Å². The van der Waals surface area contributed by atoms with E-state index in [1.165, 1.54) is 23.9 Å². The van der Waals surface area contributed by atoms with E-state index in [1.54, 1.807) is 12.1 Å². The Morgan fingerprint density at radius 3 is 2.74 bits per heavy atom. The molecule has 3 aromatic rings. The number of nitriles is 1. The van der Waals surface area contributed by atoms with Crippen molar-refractivity contribution in [2.75, 3.05) is 0 Å². The van der Waals surface area contributed by atoms with Crippen molar-refractivity contribution < 1.29 is 4.92 Å². The smallest absolute Gasteiger partial charge is 0.270 e. The minimum atomic E-state index is -0.507. The van der Waals surface area contributed by atoms with Crippen molar-refractivity contribution in [1.82, 2.24) is 9.97 Å². The van der Waals surface area contributed by atoms with Crippen molar-refractivity contribution in [3.8, 4) is 17.3 Å². The number of nitro groups is 1. The molecule has 0 aliphatic rings. The molecule has 0 radical (unpaired) electrons. The van der Waals surface area contributed by atoms with Crippen LogP contribution >= 0.6 is 11.8 Å². The molecule has 7 nitrogen and oxygen atoms in total. The molecule has 1 aromatic heterocycles. The third-order valence-electron chi connectivity index (χ3n) is 3.91. The fourth-order valence-corrected chi connectivity index (χ4v) is 3.37. The number of nitro benzene ring substituents is 1. The molecule has 2 aromatic carbocycles. The Kier molecular flexibility index (Phi) is 5.33. The highest BCUT2D eigenvalue weighted by atomic mass is 32.2. The Morgan fingerprint density at radius 1 is 1.26 bits per heavy atom. The van der Waals surface area contributed by atoms with E-state index in [1.807, 2.05) is 37.3 Å². The molecule has 1 heterocycles. The second-order valence-corrected chi connectivity index (χ2v) is 6.70. The number of hydrogen-bond donors (Lipinski definition) is 1. The number of aromatic amines is 1. The average molecular weight is 378 g/mol. The van der Waals surface area contributed by atoms with Crippen molar-refractivity contribution in [3.63, 3.8) is 0 Å². The van der Waals surface area contributed by atoms with E-state index in [4.69, 9.17) is 0 Å². The Hall–Kier alpha value is -3.44. The van der Waals surface area contributed by atoms with Crippen molar-refractivity contribution >= 4 is 17.4 Å². The largest absolute Gasteiger partial charge is 0.300 e. The van der Waals surface area contributed by atoms with Gasteiger partial charge >= 0.3 is 0 Å². The van der Waals surface area contributed by atoms with Crippen LogP contribution in [0.5, 0.6) is 0 Å². The van der Waals surface area contributed by atoms with E-state index in [2.05, 4.69) is 9.97 Å². The third-order valence-corrected chi connectivity index (χ3v) is 4.85. The van der Waals surface area contributed by atoms with Crippen LogP contribution in [0.2, 0.25) is 0 Å². The molecule has 0 atom stereocenters. The summed E-state index contributed by atoms with van der Waals surface area (Å²) in [7, 11) is 0. The summed E-state index contributed by atoms with van der Waals surface area (Å²) in [5.41, 5.74) is 2.16. The summed E-state index contributed by atoms with van der Waals surface area (Å²) in [4.78, 5) is 29.8. The summed E-state index contributed by atoms with van der Waals surface area (Å²) in [5, 5.41) is 20.6. The van der Waals surface area contributed by atoms with Gasteiger partial charge in [0.1, 0.15) is 11.6 Å². The number of benzene rings is 2. The Balaban J connectivity index is 1.95. The number of rotatable bonds is 5. The summed E-state index contributed by atoms with van der Waals surface area (Å²) in [6.45, 7) is 1.88. The molecule has 3 rings (SSSR count). The minimum absolute atomic E-state index is 0.00924. The first-order valence-corrected chi connectivity index (χ1v) is 8.94. The van der Waals surface area contributed by atoms with Crippen LogP contribution in [0.4, 0.5) is 5.69 Å². The van der Waals surface area contributed by atoms with Crippen LogP contribution in [-0.4, -0.2) is 14.9 Å². The third kappa shape index (κ3) is 4.04. The number of thioether (sulfide) groups is 1. The summed E-state index contributed by atoms with van der Waals surface area (Å²) < 4.78 is 0. The van der Waals surface area contributed by atoms with Gasteiger partial charge in [-0.3, -0.25) is 14.9 Å². The summed E-state index contributed by atoms with van der Waals surface area (Å²) in [6.07, 6.45) is 0. The van der Waals surface area contributed by atoms with E-state index >= 15 is 0 Å². The van der Waals surface area contributed by atoms with Crippen molar-refractivity contribution in [2.24, 2.45) is 0 Å². The standard InChI is InChI=1S/C19H14N4O3S/c1-12-5-2-3-8-15(12)17-16(10-20)18(24)22-19(21-17)27-11-13-6-4-7-14(9-13)23(25)26/h2-9H,11H2,1H3,(H,21,22,24). The first-order valence-electron chi connectivity index (χ1n) is 7.96. The summed E-state index contributed by atoms with van der Waals surface area (Å²) in [6, 6.07) is 15.6. The van der Waals surface area contributed by atoms with Gasteiger partial charge in [0.2, 0.25) is 0 Å². The number of nitrogens with one attached hydrogen (secondary N) is 1. The fourth-order valence-electron chi connectivity index (χ4n) is 2.57. The van der Waals surface area contributed by atoms with Crippen LogP contribution in [0.3, 0.4) is 0 Å². The first kappa shape index (κ1) is 18.4. The highest BCUT2D eigenvalue weighted by Crippen LogP contribution is 2.26. The molecule has 0 unspecified atom stereocenters. The molecule has 8 heteroatoms. The second-order valence-electron chi connectivity index (χ2n) is 5.74. The van der Waals surface area contributed by atoms with E-state index in [0.29, 0.717) is 16.6 Å². The van der Waals surface area contributed by atoms with Crippen LogP contribution in [0.25, 0.3) is 11.3 Å². The maximum absolute atomic E-state index is 12.3. The predicted octanol–water partition coefficient (Wildman–Crippen LogP) is 3.82. The monoisotopic (exact) mass is 378 g/mol. The highest BCUT2D eigenvalue weighted by molar-refractivity contribution is 7.98. The Labute approximate surface area is 158 Å². The zero-order valence-corrected chi connectivity index (χ0v) is 15.1. The molecule has 0 spiro atoms. The Bertz CT molecular complexity index is 1120. The van der Waals surface area contributed by atoms with Crippen LogP contribution in [-0.2, 0) is 5.75 Å². The molecule has 0 amide bonds. The SMILES string of the molecule is Cc1ccccc1-c1nc(SCc2cccc([N+](=O)[O-])c2)[nH]c(=O)c1C#N. The number of non-ortho nitro benzene ring substituents is 1. The molecule has 27 heavy (non-hydrogen) atoms. The molecule has 0 aliphatic carbocycles. The van der Waals surface area contributed by atoms with Gasteiger partial charge in [0.15, 0.2) is 5.16 Å². The van der Waals surface area contributed by atoms with Crippen molar-refractivity contribution in [2.45, 2.75) is 17.8 Å². The average Bonchev–Trinajstić information content (AvgIpc) is 2.66. The molecule has 0 fully saturated rings. The normalized spacial score (nSPS) is 10.4. The van der Waals surface area contributed by atoms with E-state index in [-0.39, 0.29) is 11.3 Å². The number of hydrogen-bond acceptors (Lipinski definition) is 6. The van der Waals surface area contributed by atoms with Gasteiger partial charge in [-0.05, 0) is 18.1 Å². The van der Waals surface area contributed by atoms with Gasteiger partial charge < -0.3 is 4.98 Å². The maximum Gasteiger partial charge on any atom is 0.270 e. The van der Waals surface area contributed by atoms with Gasteiger partial charge in [-0.25, -0.2) is 4.98 Å². The molecule has 134 valence electrons. The zero-order valence-electron chi connectivity index (χ0n) is 14.3. The molecule has 0 saturated carbocycles. The quantitative estimate of drug-likeness (QED) is 0.312. The lowest BCUT2D eigenvalue weighted by Gasteiger charge is -2.09. The van der Waals surface area contributed by atoms with Crippen molar-refractivity contribution in [3.05, 3.63) is 85.7 Å². The van der Waals surface area contributed by atoms with Crippen LogP contribution in [0.1, 0.15) is 16.7 Å². The highest BCUT2D eigenvalue weighted by Gasteiger charge is 2.15. The van der Waals surface area contributed by atoms with E-state index < -0.39 is 10.5 Å². The number of H-pyrrole nitrogens is 1. The lowest BCUT2D eigenvalue weighted by atomic mass is 10.0. The minimum Gasteiger partial charge on any atom is -0.300 e. The number of nitrogens with zero attached hydrogens (tertiary/aromatic N) is 3. The fraction of sp³-hybridized carbons (Fsp3) is 0.105. The summed E-state index contributed by atoms with van der Waals surface area (Å²) in [5.74, 6) is 0.393. The lowest BCUT2D eigenvalue weighted by molar-refractivity contribution is -0.384. The molecular formula is C19H14N4O3S. The second kappa shape index (κ2) is 7.85. The summed E-state index contributed by atoms with van der Waals surface area (Å²) >= 11 is 1.24. The van der Waals surface area contributed by atoms with Crippen LogP contribution in [0, 0.1) is 28.4 Å². The van der Waals surface area contributed by atoms with Gasteiger partial charge in [-0.15, -0.1) is 0 Å². The van der Waals surface area contributed by atoms with Crippen LogP contribution in [0.15, 0.2) is 58.5 Å². The maximum atomic E-state index is 12.3. The van der Waals surface area contributed by atoms with Gasteiger partial charge in [0.25, 0.3) is 11.2 Å². The molecule has 0 saturated heterocycles.